The van der Waals surface area contributed by atoms with Crippen LogP contribution in [0.2, 0.25) is 0 Å². The lowest BCUT2D eigenvalue weighted by Crippen LogP contribution is -2.38. The van der Waals surface area contributed by atoms with Crippen molar-refractivity contribution < 1.29 is 8.42 Å². The van der Waals surface area contributed by atoms with Crippen molar-refractivity contribution in [1.82, 2.24) is 4.31 Å². The van der Waals surface area contributed by atoms with Gasteiger partial charge in [-0.15, -0.1) is 11.6 Å². The van der Waals surface area contributed by atoms with Gasteiger partial charge in [0.05, 0.1) is 5.75 Å². The smallest absolute Gasteiger partial charge is 0.212 e. The molecule has 0 atom stereocenters. The Balaban J connectivity index is 2.47. The standard InChI is InChI=1S/C10H20ClNO2S/c1-2-12(9-10-5-3-6-10)15(13,14)8-4-7-11/h10H,2-9H2,1H3. The van der Waals surface area contributed by atoms with Gasteiger partial charge in [0.1, 0.15) is 0 Å². The SMILES string of the molecule is CCN(CC1CCC1)S(=O)(=O)CCCCl. The largest absolute Gasteiger partial charge is 0.214 e. The summed E-state index contributed by atoms with van der Waals surface area (Å²) in [4.78, 5) is 0. The van der Waals surface area contributed by atoms with Crippen molar-refractivity contribution in [3.63, 3.8) is 0 Å². The van der Waals surface area contributed by atoms with Crippen LogP contribution in [0.1, 0.15) is 32.6 Å². The highest BCUT2D eigenvalue weighted by Gasteiger charge is 2.26. The summed E-state index contributed by atoms with van der Waals surface area (Å²) >= 11 is 5.52. The summed E-state index contributed by atoms with van der Waals surface area (Å²) in [6.45, 7) is 3.19. The third-order valence-corrected chi connectivity index (χ3v) is 5.23. The molecule has 1 fully saturated rings. The lowest BCUT2D eigenvalue weighted by Gasteiger charge is -2.31. The van der Waals surface area contributed by atoms with Gasteiger partial charge >= 0.3 is 0 Å². The highest BCUT2D eigenvalue weighted by atomic mass is 35.5. The molecule has 0 radical (unpaired) electrons. The highest BCUT2D eigenvalue weighted by molar-refractivity contribution is 7.89. The minimum absolute atomic E-state index is 0.192. The van der Waals surface area contributed by atoms with Crippen LogP contribution in [0.3, 0.4) is 0 Å². The van der Waals surface area contributed by atoms with Gasteiger partial charge in [0.2, 0.25) is 10.0 Å². The Morgan fingerprint density at radius 1 is 1.40 bits per heavy atom. The second kappa shape index (κ2) is 6.06. The van der Waals surface area contributed by atoms with Crippen LogP contribution in [-0.4, -0.2) is 37.4 Å². The van der Waals surface area contributed by atoms with Crippen LogP contribution in [-0.2, 0) is 10.0 Å². The molecule has 0 aromatic carbocycles. The Morgan fingerprint density at radius 2 is 2.07 bits per heavy atom. The minimum atomic E-state index is -3.06. The van der Waals surface area contributed by atoms with Crippen LogP contribution < -0.4 is 0 Å². The van der Waals surface area contributed by atoms with E-state index in [0.29, 0.717) is 31.3 Å². The average Bonchev–Trinajstić information content (AvgIpc) is 2.13. The number of sulfonamides is 1. The Bertz CT molecular complexity index is 275. The summed E-state index contributed by atoms with van der Waals surface area (Å²) < 4.78 is 25.3. The normalized spacial score (nSPS) is 18.1. The van der Waals surface area contributed by atoms with E-state index < -0.39 is 10.0 Å². The highest BCUT2D eigenvalue weighted by Crippen LogP contribution is 2.27. The average molecular weight is 254 g/mol. The summed E-state index contributed by atoms with van der Waals surface area (Å²) in [5.41, 5.74) is 0. The van der Waals surface area contributed by atoms with Crippen LogP contribution >= 0.6 is 11.6 Å². The molecule has 0 aliphatic heterocycles. The van der Waals surface area contributed by atoms with Crippen LogP contribution in [0.25, 0.3) is 0 Å². The van der Waals surface area contributed by atoms with E-state index in [1.165, 1.54) is 19.3 Å². The van der Waals surface area contributed by atoms with Gasteiger partial charge in [-0.25, -0.2) is 12.7 Å². The van der Waals surface area contributed by atoms with Gasteiger partial charge in [-0.05, 0) is 25.2 Å². The molecule has 5 heteroatoms. The molecule has 0 aromatic heterocycles. The second-order valence-corrected chi connectivity index (χ2v) is 6.57. The van der Waals surface area contributed by atoms with Gasteiger partial charge in [-0.1, -0.05) is 13.3 Å². The molecule has 1 rings (SSSR count). The minimum Gasteiger partial charge on any atom is -0.212 e. The molecule has 1 aliphatic carbocycles. The molecule has 0 saturated heterocycles. The summed E-state index contributed by atoms with van der Waals surface area (Å²) in [5, 5.41) is 0. The van der Waals surface area contributed by atoms with Crippen molar-refractivity contribution in [2.75, 3.05) is 24.7 Å². The first-order valence-electron chi connectivity index (χ1n) is 5.64. The molecule has 90 valence electrons. The number of rotatable bonds is 7. The number of nitrogens with zero attached hydrogens (tertiary/aromatic N) is 1. The van der Waals surface area contributed by atoms with E-state index in [9.17, 15) is 8.42 Å². The molecule has 0 heterocycles. The quantitative estimate of drug-likeness (QED) is 0.652. The maximum atomic E-state index is 11.9. The third kappa shape index (κ3) is 3.93. The summed E-state index contributed by atoms with van der Waals surface area (Å²) in [5.74, 6) is 1.20. The fourth-order valence-corrected chi connectivity index (χ4v) is 3.66. The first-order valence-corrected chi connectivity index (χ1v) is 7.78. The van der Waals surface area contributed by atoms with Gasteiger partial charge in [0, 0.05) is 19.0 Å². The Labute approximate surface area is 97.8 Å². The molecular weight excluding hydrogens is 234 g/mol. The summed E-state index contributed by atoms with van der Waals surface area (Å²) in [6.07, 6.45) is 4.16. The first kappa shape index (κ1) is 13.3. The van der Waals surface area contributed by atoms with E-state index in [1.54, 1.807) is 4.31 Å². The third-order valence-electron chi connectivity index (χ3n) is 2.97. The summed E-state index contributed by atoms with van der Waals surface area (Å²) in [7, 11) is -3.06. The zero-order valence-corrected chi connectivity index (χ0v) is 10.9. The molecule has 1 aliphatic rings. The number of hydrogen-bond donors (Lipinski definition) is 0. The van der Waals surface area contributed by atoms with E-state index in [-0.39, 0.29) is 5.75 Å². The van der Waals surface area contributed by atoms with Gasteiger partial charge in [-0.2, -0.15) is 0 Å². The first-order chi connectivity index (χ1) is 7.10. The Morgan fingerprint density at radius 3 is 2.47 bits per heavy atom. The maximum absolute atomic E-state index is 11.9. The molecule has 0 spiro atoms. The lowest BCUT2D eigenvalue weighted by atomic mass is 9.85. The maximum Gasteiger partial charge on any atom is 0.214 e. The fourth-order valence-electron chi connectivity index (χ4n) is 1.77. The number of halogens is 1. The van der Waals surface area contributed by atoms with E-state index in [4.69, 9.17) is 11.6 Å². The zero-order valence-electron chi connectivity index (χ0n) is 9.28. The van der Waals surface area contributed by atoms with Crippen LogP contribution in [0.5, 0.6) is 0 Å². The molecule has 1 saturated carbocycles. The topological polar surface area (TPSA) is 37.4 Å². The monoisotopic (exact) mass is 253 g/mol. The molecule has 3 nitrogen and oxygen atoms in total. The Kier molecular flexibility index (Phi) is 5.36. The molecule has 15 heavy (non-hydrogen) atoms. The molecule has 0 bridgehead atoms. The van der Waals surface area contributed by atoms with Crippen molar-refractivity contribution in [2.45, 2.75) is 32.6 Å². The van der Waals surface area contributed by atoms with E-state index >= 15 is 0 Å². The van der Waals surface area contributed by atoms with Crippen LogP contribution in [0, 0.1) is 5.92 Å². The van der Waals surface area contributed by atoms with E-state index in [2.05, 4.69) is 0 Å². The zero-order chi connectivity index (χ0) is 11.3. The molecule has 0 N–H and O–H groups in total. The summed E-state index contributed by atoms with van der Waals surface area (Å²) in [6, 6.07) is 0. The molecule has 0 aromatic rings. The molecular formula is C10H20ClNO2S. The number of hydrogen-bond acceptors (Lipinski definition) is 2. The van der Waals surface area contributed by atoms with Crippen molar-refractivity contribution in [2.24, 2.45) is 5.92 Å². The predicted octanol–water partition coefficient (Wildman–Crippen LogP) is 2.07. The van der Waals surface area contributed by atoms with Gasteiger partial charge < -0.3 is 0 Å². The van der Waals surface area contributed by atoms with E-state index in [0.717, 1.165) is 0 Å². The van der Waals surface area contributed by atoms with Crippen LogP contribution in [0.4, 0.5) is 0 Å². The van der Waals surface area contributed by atoms with Crippen molar-refractivity contribution in [3.8, 4) is 0 Å². The van der Waals surface area contributed by atoms with Gasteiger partial charge in [-0.3, -0.25) is 0 Å². The van der Waals surface area contributed by atoms with E-state index in [1.807, 2.05) is 6.92 Å². The van der Waals surface area contributed by atoms with Crippen molar-refractivity contribution in [3.05, 3.63) is 0 Å². The van der Waals surface area contributed by atoms with Crippen molar-refractivity contribution >= 4 is 21.6 Å². The lowest BCUT2D eigenvalue weighted by molar-refractivity contribution is 0.250. The van der Waals surface area contributed by atoms with Gasteiger partial charge in [0.25, 0.3) is 0 Å². The molecule has 0 amide bonds. The molecule has 0 unspecified atom stereocenters. The second-order valence-electron chi connectivity index (χ2n) is 4.11. The van der Waals surface area contributed by atoms with Crippen molar-refractivity contribution in [1.29, 1.82) is 0 Å². The van der Waals surface area contributed by atoms with Gasteiger partial charge in [0.15, 0.2) is 0 Å². The van der Waals surface area contributed by atoms with Crippen LogP contribution in [0.15, 0.2) is 0 Å². The predicted molar refractivity (Wildman–Crippen MR) is 63.7 cm³/mol. The fraction of sp³-hybridized carbons (Fsp3) is 1.00. The number of alkyl halides is 1. The Hall–Kier alpha value is 0.200.